The van der Waals surface area contributed by atoms with E-state index in [0.29, 0.717) is 17.9 Å². The predicted molar refractivity (Wildman–Crippen MR) is 69.7 cm³/mol. The normalized spacial score (nSPS) is 42.3. The number of ether oxygens (including phenoxy) is 1. The number of carbonyl (C=O) groups is 1. The first kappa shape index (κ1) is 12.1. The van der Waals surface area contributed by atoms with E-state index >= 15 is 0 Å². The van der Waals surface area contributed by atoms with Crippen LogP contribution in [0.15, 0.2) is 11.8 Å². The molecule has 3 rings (SSSR count). The van der Waals surface area contributed by atoms with Gasteiger partial charge in [-0.05, 0) is 36.7 Å². The molecular weight excluding hydrogens is 226 g/mol. The molecule has 3 aliphatic rings. The Labute approximate surface area is 109 Å². The molecule has 1 saturated carbocycles. The van der Waals surface area contributed by atoms with Gasteiger partial charge >= 0.3 is 0 Å². The van der Waals surface area contributed by atoms with Gasteiger partial charge < -0.3 is 10.1 Å². The Bertz CT molecular complexity index is 388. The van der Waals surface area contributed by atoms with Crippen LogP contribution in [-0.4, -0.2) is 18.1 Å². The minimum Gasteiger partial charge on any atom is -0.494 e. The number of nitrogens with one attached hydrogen (secondary N) is 1. The standard InChI is InChI=1S/C15H23NO2/c1-8(2)10-5-4-9(3)6-12(10)18-13-7-11-14(13)15(17)16-11/h7-12,14H,4-6H2,1-3H3,(H,16,17)/t9-,10?,11+,12?,14-/m0/s1. The first-order valence-electron chi connectivity index (χ1n) is 7.25. The molecule has 5 atom stereocenters. The molecule has 2 aliphatic carbocycles. The Morgan fingerprint density at radius 1 is 1.39 bits per heavy atom. The Morgan fingerprint density at radius 2 is 2.17 bits per heavy atom. The smallest absolute Gasteiger partial charge is 0.233 e. The second-order valence-electron chi connectivity index (χ2n) is 6.56. The van der Waals surface area contributed by atoms with Crippen LogP contribution in [0, 0.1) is 23.7 Å². The number of β-lactam (4-membered cyclic amide) rings is 1. The van der Waals surface area contributed by atoms with E-state index in [9.17, 15) is 4.79 Å². The molecule has 0 aromatic rings. The second kappa shape index (κ2) is 4.29. The summed E-state index contributed by atoms with van der Waals surface area (Å²) in [5, 5.41) is 2.86. The summed E-state index contributed by atoms with van der Waals surface area (Å²) in [6.07, 6.45) is 6.10. The van der Waals surface area contributed by atoms with Gasteiger partial charge in [0.25, 0.3) is 0 Å². The van der Waals surface area contributed by atoms with Gasteiger partial charge in [0.15, 0.2) is 0 Å². The van der Waals surface area contributed by atoms with Gasteiger partial charge in [-0.3, -0.25) is 4.79 Å². The van der Waals surface area contributed by atoms with Crippen molar-refractivity contribution in [2.45, 2.75) is 52.2 Å². The van der Waals surface area contributed by atoms with Crippen molar-refractivity contribution in [2.24, 2.45) is 23.7 Å². The monoisotopic (exact) mass is 249 g/mol. The number of hydrogen-bond donors (Lipinski definition) is 1. The third kappa shape index (κ3) is 1.84. The molecule has 0 aromatic carbocycles. The van der Waals surface area contributed by atoms with Gasteiger partial charge in [-0.1, -0.05) is 27.2 Å². The Morgan fingerprint density at radius 3 is 2.78 bits per heavy atom. The van der Waals surface area contributed by atoms with Crippen molar-refractivity contribution in [3.05, 3.63) is 11.8 Å². The molecule has 3 nitrogen and oxygen atoms in total. The number of rotatable bonds is 3. The van der Waals surface area contributed by atoms with Crippen molar-refractivity contribution < 1.29 is 9.53 Å². The van der Waals surface area contributed by atoms with Gasteiger partial charge in [-0.25, -0.2) is 0 Å². The van der Waals surface area contributed by atoms with Gasteiger partial charge in [0.1, 0.15) is 17.8 Å². The lowest BCUT2D eigenvalue weighted by atomic mass is 9.74. The van der Waals surface area contributed by atoms with Crippen LogP contribution in [0.2, 0.25) is 0 Å². The molecule has 1 amide bonds. The summed E-state index contributed by atoms with van der Waals surface area (Å²) < 4.78 is 6.18. The fraction of sp³-hybridized carbons (Fsp3) is 0.800. The zero-order valence-electron chi connectivity index (χ0n) is 11.5. The van der Waals surface area contributed by atoms with Crippen LogP contribution in [0.3, 0.4) is 0 Å². The minimum atomic E-state index is 0.0371. The van der Waals surface area contributed by atoms with Crippen LogP contribution in [0.1, 0.15) is 40.0 Å². The van der Waals surface area contributed by atoms with E-state index in [-0.39, 0.29) is 17.9 Å². The third-order valence-electron chi connectivity index (χ3n) is 4.85. The molecule has 0 spiro atoms. The minimum absolute atomic E-state index is 0.0371. The van der Waals surface area contributed by atoms with Crippen molar-refractivity contribution in [3.8, 4) is 0 Å². The van der Waals surface area contributed by atoms with Crippen LogP contribution in [-0.2, 0) is 9.53 Å². The molecule has 100 valence electrons. The highest BCUT2D eigenvalue weighted by Crippen LogP contribution is 2.41. The molecule has 3 heteroatoms. The summed E-state index contributed by atoms with van der Waals surface area (Å²) in [6, 6.07) is 0.269. The molecular formula is C15H23NO2. The third-order valence-corrected chi connectivity index (χ3v) is 4.85. The summed E-state index contributed by atoms with van der Waals surface area (Å²) in [4.78, 5) is 11.4. The van der Waals surface area contributed by atoms with E-state index in [1.807, 2.05) is 0 Å². The number of amides is 1. The molecule has 0 aromatic heterocycles. The topological polar surface area (TPSA) is 38.3 Å². The van der Waals surface area contributed by atoms with Crippen molar-refractivity contribution in [1.82, 2.24) is 5.32 Å². The highest BCUT2D eigenvalue weighted by molar-refractivity contribution is 5.91. The van der Waals surface area contributed by atoms with Crippen molar-refractivity contribution in [3.63, 3.8) is 0 Å². The van der Waals surface area contributed by atoms with Crippen LogP contribution in [0.5, 0.6) is 0 Å². The summed E-state index contributed by atoms with van der Waals surface area (Å²) in [6.45, 7) is 6.87. The highest BCUT2D eigenvalue weighted by atomic mass is 16.5. The zero-order valence-corrected chi connectivity index (χ0v) is 11.5. The summed E-state index contributed by atoms with van der Waals surface area (Å²) in [5.74, 6) is 3.17. The number of carbonyl (C=O) groups excluding carboxylic acids is 1. The SMILES string of the molecule is CC(C)C1CC[C@H](C)CC1OC1=C[C@H]2NC(=O)[C@H]12. The fourth-order valence-corrected chi connectivity index (χ4v) is 3.55. The van der Waals surface area contributed by atoms with E-state index in [0.717, 1.165) is 18.1 Å². The van der Waals surface area contributed by atoms with Crippen LogP contribution in [0.25, 0.3) is 0 Å². The van der Waals surface area contributed by atoms with Crippen molar-refractivity contribution in [2.75, 3.05) is 0 Å². The van der Waals surface area contributed by atoms with Gasteiger partial charge in [0.05, 0.1) is 6.04 Å². The molecule has 1 N–H and O–H groups in total. The van der Waals surface area contributed by atoms with Crippen LogP contribution < -0.4 is 5.32 Å². The Kier molecular flexibility index (Phi) is 2.87. The maximum Gasteiger partial charge on any atom is 0.233 e. The van der Waals surface area contributed by atoms with Crippen LogP contribution in [0.4, 0.5) is 0 Å². The lowest BCUT2D eigenvalue weighted by molar-refractivity contribution is -0.138. The average Bonchev–Trinajstić information content (AvgIpc) is 2.26. The summed E-state index contributed by atoms with van der Waals surface area (Å²) in [5.41, 5.74) is 0. The van der Waals surface area contributed by atoms with Crippen molar-refractivity contribution >= 4 is 5.91 Å². The summed E-state index contributed by atoms with van der Waals surface area (Å²) >= 11 is 0. The first-order chi connectivity index (χ1) is 8.56. The molecule has 18 heavy (non-hydrogen) atoms. The maximum absolute atomic E-state index is 11.4. The summed E-state index contributed by atoms with van der Waals surface area (Å²) in [7, 11) is 0. The van der Waals surface area contributed by atoms with Gasteiger partial charge in [0.2, 0.25) is 5.91 Å². The van der Waals surface area contributed by atoms with Gasteiger partial charge in [0, 0.05) is 0 Å². The highest BCUT2D eigenvalue weighted by Gasteiger charge is 2.50. The van der Waals surface area contributed by atoms with E-state index in [1.54, 1.807) is 0 Å². The Hall–Kier alpha value is -0.990. The molecule has 2 unspecified atom stereocenters. The first-order valence-corrected chi connectivity index (χ1v) is 7.25. The largest absolute Gasteiger partial charge is 0.494 e. The van der Waals surface area contributed by atoms with Gasteiger partial charge in [-0.15, -0.1) is 0 Å². The van der Waals surface area contributed by atoms with E-state index in [1.165, 1.54) is 12.8 Å². The van der Waals surface area contributed by atoms with Crippen molar-refractivity contribution in [1.29, 1.82) is 0 Å². The Balaban J connectivity index is 1.66. The number of fused-ring (bicyclic) bond motifs is 1. The molecule has 1 heterocycles. The molecule has 0 radical (unpaired) electrons. The number of hydrogen-bond acceptors (Lipinski definition) is 2. The van der Waals surface area contributed by atoms with E-state index < -0.39 is 0 Å². The lowest BCUT2D eigenvalue weighted by Gasteiger charge is -2.46. The fourth-order valence-electron chi connectivity index (χ4n) is 3.55. The van der Waals surface area contributed by atoms with E-state index in [4.69, 9.17) is 4.74 Å². The molecule has 1 aliphatic heterocycles. The molecule has 2 fully saturated rings. The molecule has 0 bridgehead atoms. The maximum atomic E-state index is 11.4. The predicted octanol–water partition coefficient (Wildman–Crippen LogP) is 2.48. The quantitative estimate of drug-likeness (QED) is 0.780. The zero-order chi connectivity index (χ0) is 12.9. The second-order valence-corrected chi connectivity index (χ2v) is 6.56. The van der Waals surface area contributed by atoms with Crippen LogP contribution >= 0.6 is 0 Å². The van der Waals surface area contributed by atoms with Gasteiger partial charge in [-0.2, -0.15) is 0 Å². The van der Waals surface area contributed by atoms with E-state index in [2.05, 4.69) is 32.2 Å². The average molecular weight is 249 g/mol. The molecule has 1 saturated heterocycles. The lowest BCUT2D eigenvalue weighted by Crippen LogP contribution is -2.63.